The van der Waals surface area contributed by atoms with Crippen LogP contribution in [-0.4, -0.2) is 34.0 Å². The van der Waals surface area contributed by atoms with Crippen molar-refractivity contribution in [2.75, 3.05) is 18.4 Å². The molecule has 1 aromatic heterocycles. The molecule has 0 aliphatic carbocycles. The summed E-state index contributed by atoms with van der Waals surface area (Å²) < 4.78 is 1.92. The number of para-hydroxylation sites is 1. The van der Waals surface area contributed by atoms with Crippen LogP contribution >= 0.6 is 0 Å². The molecule has 2 aromatic carbocycles. The highest BCUT2D eigenvalue weighted by Crippen LogP contribution is 2.23. The average Bonchev–Trinajstić information content (AvgIpc) is 3.34. The quantitative estimate of drug-likeness (QED) is 0.761. The van der Waals surface area contributed by atoms with Gasteiger partial charge in [0.25, 0.3) is 5.91 Å². The van der Waals surface area contributed by atoms with E-state index >= 15 is 0 Å². The SMILES string of the molecule is Cc1ccc(-c2cn([C@H]3CCNC3)nn2)cc1C(=O)Nc1ccccc1. The Kier molecular flexibility index (Phi) is 4.50. The van der Waals surface area contributed by atoms with E-state index in [4.69, 9.17) is 0 Å². The molecule has 6 nitrogen and oxygen atoms in total. The van der Waals surface area contributed by atoms with Gasteiger partial charge in [-0.15, -0.1) is 5.10 Å². The number of amides is 1. The number of carbonyl (C=O) groups excluding carboxylic acids is 1. The van der Waals surface area contributed by atoms with Crippen molar-refractivity contribution in [3.05, 3.63) is 65.9 Å². The molecule has 0 unspecified atom stereocenters. The van der Waals surface area contributed by atoms with Crippen molar-refractivity contribution in [3.63, 3.8) is 0 Å². The monoisotopic (exact) mass is 347 g/mol. The Bertz CT molecular complexity index is 913. The highest BCUT2D eigenvalue weighted by atomic mass is 16.1. The maximum Gasteiger partial charge on any atom is 0.255 e. The maximum atomic E-state index is 12.7. The molecule has 1 aliphatic rings. The number of nitrogens with zero attached hydrogens (tertiary/aromatic N) is 3. The van der Waals surface area contributed by atoms with Crippen molar-refractivity contribution in [1.29, 1.82) is 0 Å². The van der Waals surface area contributed by atoms with Crippen molar-refractivity contribution < 1.29 is 4.79 Å². The van der Waals surface area contributed by atoms with E-state index in [1.54, 1.807) is 0 Å². The largest absolute Gasteiger partial charge is 0.322 e. The molecule has 1 atom stereocenters. The molecule has 0 bridgehead atoms. The van der Waals surface area contributed by atoms with Gasteiger partial charge in [-0.25, -0.2) is 4.68 Å². The van der Waals surface area contributed by atoms with Crippen LogP contribution in [0.5, 0.6) is 0 Å². The fraction of sp³-hybridized carbons (Fsp3) is 0.250. The van der Waals surface area contributed by atoms with E-state index in [-0.39, 0.29) is 5.91 Å². The van der Waals surface area contributed by atoms with Crippen LogP contribution in [0.25, 0.3) is 11.3 Å². The Hall–Kier alpha value is -2.99. The molecule has 1 aliphatic heterocycles. The Labute approximate surface area is 152 Å². The number of hydrogen-bond acceptors (Lipinski definition) is 4. The number of aromatic nitrogens is 3. The minimum absolute atomic E-state index is 0.122. The molecule has 1 saturated heterocycles. The van der Waals surface area contributed by atoms with Gasteiger partial charge < -0.3 is 10.6 Å². The van der Waals surface area contributed by atoms with Crippen LogP contribution in [0.15, 0.2) is 54.7 Å². The lowest BCUT2D eigenvalue weighted by Crippen LogP contribution is -2.13. The van der Waals surface area contributed by atoms with E-state index in [1.807, 2.05) is 66.3 Å². The molecule has 132 valence electrons. The molecule has 6 heteroatoms. The van der Waals surface area contributed by atoms with Crippen LogP contribution in [0.4, 0.5) is 5.69 Å². The summed E-state index contributed by atoms with van der Waals surface area (Å²) in [6, 6.07) is 15.6. The summed E-state index contributed by atoms with van der Waals surface area (Å²) in [5, 5.41) is 14.8. The van der Waals surface area contributed by atoms with Gasteiger partial charge in [0, 0.05) is 23.4 Å². The number of nitrogens with one attached hydrogen (secondary N) is 2. The normalized spacial score (nSPS) is 16.6. The summed E-state index contributed by atoms with van der Waals surface area (Å²) in [5.41, 5.74) is 4.02. The first-order valence-corrected chi connectivity index (χ1v) is 8.81. The van der Waals surface area contributed by atoms with Gasteiger partial charge in [0.2, 0.25) is 0 Å². The Morgan fingerprint density at radius 1 is 1.23 bits per heavy atom. The van der Waals surface area contributed by atoms with Crippen molar-refractivity contribution in [2.45, 2.75) is 19.4 Å². The molecule has 0 radical (unpaired) electrons. The van der Waals surface area contributed by atoms with Crippen LogP contribution in [0, 0.1) is 6.92 Å². The van der Waals surface area contributed by atoms with Gasteiger partial charge in [0.05, 0.1) is 12.2 Å². The standard InChI is InChI=1S/C20H21N5O/c1-14-7-8-15(19-13-25(24-23-19)17-9-10-21-12-17)11-18(14)20(26)22-16-5-3-2-4-6-16/h2-8,11,13,17,21H,9-10,12H2,1H3,(H,22,26)/t17-/m0/s1. The zero-order chi connectivity index (χ0) is 17.9. The van der Waals surface area contributed by atoms with Crippen LogP contribution in [-0.2, 0) is 0 Å². The predicted molar refractivity (Wildman–Crippen MR) is 101 cm³/mol. The van der Waals surface area contributed by atoms with Gasteiger partial charge in [0.1, 0.15) is 5.69 Å². The van der Waals surface area contributed by atoms with Gasteiger partial charge in [-0.1, -0.05) is 35.5 Å². The molecule has 2 heterocycles. The third kappa shape index (κ3) is 3.36. The van der Waals surface area contributed by atoms with Crippen LogP contribution in [0.2, 0.25) is 0 Å². The molecule has 0 saturated carbocycles. The van der Waals surface area contributed by atoms with Crippen LogP contribution in [0.1, 0.15) is 28.4 Å². The second-order valence-corrected chi connectivity index (χ2v) is 6.58. The number of carbonyl (C=O) groups is 1. The molecular weight excluding hydrogens is 326 g/mol. The Morgan fingerprint density at radius 3 is 2.85 bits per heavy atom. The molecule has 1 amide bonds. The van der Waals surface area contributed by atoms with Gasteiger partial charge >= 0.3 is 0 Å². The van der Waals surface area contributed by atoms with Crippen LogP contribution in [0.3, 0.4) is 0 Å². The minimum atomic E-state index is -0.122. The third-order valence-corrected chi connectivity index (χ3v) is 4.73. The summed E-state index contributed by atoms with van der Waals surface area (Å²) in [5.74, 6) is -0.122. The van der Waals surface area contributed by atoms with Gasteiger partial charge in [-0.05, 0) is 43.7 Å². The molecular formula is C20H21N5O. The second kappa shape index (κ2) is 7.09. The van der Waals surface area contributed by atoms with E-state index in [0.29, 0.717) is 11.6 Å². The summed E-state index contributed by atoms with van der Waals surface area (Å²) >= 11 is 0. The minimum Gasteiger partial charge on any atom is -0.322 e. The van der Waals surface area contributed by atoms with Crippen molar-refractivity contribution in [1.82, 2.24) is 20.3 Å². The zero-order valence-electron chi connectivity index (χ0n) is 14.6. The van der Waals surface area contributed by atoms with Gasteiger partial charge in [-0.2, -0.15) is 0 Å². The molecule has 26 heavy (non-hydrogen) atoms. The highest BCUT2D eigenvalue weighted by Gasteiger charge is 2.19. The highest BCUT2D eigenvalue weighted by molar-refractivity contribution is 6.05. The number of benzene rings is 2. The number of aryl methyl sites for hydroxylation is 1. The van der Waals surface area contributed by atoms with Crippen LogP contribution < -0.4 is 10.6 Å². The van der Waals surface area contributed by atoms with E-state index in [2.05, 4.69) is 20.9 Å². The van der Waals surface area contributed by atoms with Gasteiger partial charge in [-0.3, -0.25) is 4.79 Å². The van der Waals surface area contributed by atoms with Gasteiger partial charge in [0.15, 0.2) is 0 Å². The average molecular weight is 347 g/mol. The van der Waals surface area contributed by atoms with Crippen molar-refractivity contribution in [3.8, 4) is 11.3 Å². The Balaban J connectivity index is 1.59. The molecule has 2 N–H and O–H groups in total. The summed E-state index contributed by atoms with van der Waals surface area (Å²) in [7, 11) is 0. The Morgan fingerprint density at radius 2 is 2.08 bits per heavy atom. The topological polar surface area (TPSA) is 71.8 Å². The van der Waals surface area contributed by atoms with E-state index in [1.165, 1.54) is 0 Å². The smallest absolute Gasteiger partial charge is 0.255 e. The molecule has 4 rings (SSSR count). The second-order valence-electron chi connectivity index (χ2n) is 6.58. The first-order chi connectivity index (χ1) is 12.7. The number of hydrogen-bond donors (Lipinski definition) is 2. The summed E-state index contributed by atoms with van der Waals surface area (Å²) in [6.45, 7) is 3.86. The fourth-order valence-electron chi connectivity index (χ4n) is 3.20. The zero-order valence-corrected chi connectivity index (χ0v) is 14.6. The molecule has 3 aromatic rings. The maximum absolute atomic E-state index is 12.7. The fourth-order valence-corrected chi connectivity index (χ4v) is 3.20. The first kappa shape index (κ1) is 16.5. The summed E-state index contributed by atoms with van der Waals surface area (Å²) in [6.07, 6.45) is 3.02. The predicted octanol–water partition coefficient (Wildman–Crippen LogP) is 3.04. The lowest BCUT2D eigenvalue weighted by molar-refractivity contribution is 0.102. The molecule has 1 fully saturated rings. The lowest BCUT2D eigenvalue weighted by Gasteiger charge is -2.09. The van der Waals surface area contributed by atoms with E-state index in [0.717, 1.165) is 42.0 Å². The van der Waals surface area contributed by atoms with Crippen molar-refractivity contribution in [2.24, 2.45) is 0 Å². The number of rotatable bonds is 4. The van der Waals surface area contributed by atoms with E-state index in [9.17, 15) is 4.79 Å². The lowest BCUT2D eigenvalue weighted by atomic mass is 10.0. The molecule has 0 spiro atoms. The van der Waals surface area contributed by atoms with Crippen molar-refractivity contribution >= 4 is 11.6 Å². The first-order valence-electron chi connectivity index (χ1n) is 8.81. The van der Waals surface area contributed by atoms with E-state index < -0.39 is 0 Å². The number of anilines is 1. The third-order valence-electron chi connectivity index (χ3n) is 4.73. The summed E-state index contributed by atoms with van der Waals surface area (Å²) in [4.78, 5) is 12.7.